The molecule has 2 amide bonds. The number of benzene rings is 2. The van der Waals surface area contributed by atoms with E-state index in [1.807, 2.05) is 49.4 Å². The van der Waals surface area contributed by atoms with Crippen molar-refractivity contribution in [3.63, 3.8) is 0 Å². The fraction of sp³-hybridized carbons (Fsp3) is 0.250. The van der Waals surface area contributed by atoms with Crippen molar-refractivity contribution >= 4 is 39.4 Å². The molecular formula is C20H21BrN2O4. The maximum Gasteiger partial charge on any atom is 0.308 e. The topological polar surface area (TPSA) is 84.5 Å². The van der Waals surface area contributed by atoms with Gasteiger partial charge in [-0.05, 0) is 36.2 Å². The molecule has 0 radical (unpaired) electrons. The molecule has 0 aliphatic heterocycles. The van der Waals surface area contributed by atoms with Gasteiger partial charge in [0, 0.05) is 16.7 Å². The summed E-state index contributed by atoms with van der Waals surface area (Å²) in [6.07, 6.45) is 0.260. The van der Waals surface area contributed by atoms with Crippen LogP contribution in [0.15, 0.2) is 53.0 Å². The molecule has 2 N–H and O–H groups in total. The van der Waals surface area contributed by atoms with E-state index in [0.717, 1.165) is 15.6 Å². The average Bonchev–Trinajstić information content (AvgIpc) is 2.63. The molecule has 0 saturated heterocycles. The molecule has 2 aromatic carbocycles. The Morgan fingerprint density at radius 1 is 1.04 bits per heavy atom. The first-order valence-corrected chi connectivity index (χ1v) is 9.25. The quantitative estimate of drug-likeness (QED) is 0.627. The van der Waals surface area contributed by atoms with E-state index in [2.05, 4.69) is 26.6 Å². The minimum absolute atomic E-state index is 0.00508. The summed E-state index contributed by atoms with van der Waals surface area (Å²) in [5, 5.41) is 5.35. The summed E-state index contributed by atoms with van der Waals surface area (Å²) in [5.74, 6) is -1.13. The number of rotatable bonds is 8. The number of ether oxygens (including phenoxy) is 1. The molecule has 0 unspecified atom stereocenters. The molecule has 0 saturated carbocycles. The number of carbonyl (C=O) groups is 3. The standard InChI is InChI=1S/C20H21BrN2O4/c1-14-11-16(21)7-8-17(14)23-19(25)13-27-20(26)9-10-22-18(24)12-15-5-3-2-4-6-15/h2-8,11H,9-10,12-13H2,1H3,(H,22,24)(H,23,25). The van der Waals surface area contributed by atoms with Crippen molar-refractivity contribution in [1.29, 1.82) is 0 Å². The summed E-state index contributed by atoms with van der Waals surface area (Å²) in [5.41, 5.74) is 2.45. The molecular weight excluding hydrogens is 412 g/mol. The van der Waals surface area contributed by atoms with Crippen molar-refractivity contribution in [2.45, 2.75) is 19.8 Å². The van der Waals surface area contributed by atoms with E-state index in [1.54, 1.807) is 6.07 Å². The van der Waals surface area contributed by atoms with Crippen molar-refractivity contribution < 1.29 is 19.1 Å². The SMILES string of the molecule is Cc1cc(Br)ccc1NC(=O)COC(=O)CCNC(=O)Cc1ccccc1. The molecule has 27 heavy (non-hydrogen) atoms. The minimum atomic E-state index is -0.544. The summed E-state index contributed by atoms with van der Waals surface area (Å²) in [6.45, 7) is 1.66. The van der Waals surface area contributed by atoms with E-state index < -0.39 is 11.9 Å². The van der Waals surface area contributed by atoms with E-state index in [0.29, 0.717) is 5.69 Å². The second-order valence-electron chi connectivity index (χ2n) is 5.93. The summed E-state index contributed by atoms with van der Waals surface area (Å²) in [7, 11) is 0. The van der Waals surface area contributed by atoms with Crippen LogP contribution in [-0.4, -0.2) is 30.9 Å². The van der Waals surface area contributed by atoms with Gasteiger partial charge in [0.1, 0.15) is 0 Å². The van der Waals surface area contributed by atoms with Gasteiger partial charge in [0.2, 0.25) is 5.91 Å². The normalized spacial score (nSPS) is 10.1. The zero-order valence-electron chi connectivity index (χ0n) is 15.0. The molecule has 2 aromatic rings. The Labute approximate surface area is 166 Å². The minimum Gasteiger partial charge on any atom is -0.456 e. The van der Waals surface area contributed by atoms with Crippen LogP contribution in [0.4, 0.5) is 5.69 Å². The molecule has 0 heterocycles. The number of esters is 1. The fourth-order valence-electron chi connectivity index (χ4n) is 2.32. The number of hydrogen-bond acceptors (Lipinski definition) is 4. The molecule has 7 heteroatoms. The Hall–Kier alpha value is -2.67. The van der Waals surface area contributed by atoms with Gasteiger partial charge in [0.15, 0.2) is 6.61 Å². The molecule has 0 bridgehead atoms. The maximum atomic E-state index is 11.9. The number of carbonyl (C=O) groups excluding carboxylic acids is 3. The van der Waals surface area contributed by atoms with Gasteiger partial charge in [-0.3, -0.25) is 14.4 Å². The Morgan fingerprint density at radius 2 is 1.78 bits per heavy atom. The van der Waals surface area contributed by atoms with Crippen LogP contribution in [-0.2, 0) is 25.5 Å². The highest BCUT2D eigenvalue weighted by atomic mass is 79.9. The molecule has 0 atom stereocenters. The van der Waals surface area contributed by atoms with Crippen LogP contribution in [0.25, 0.3) is 0 Å². The van der Waals surface area contributed by atoms with Crippen LogP contribution in [0.1, 0.15) is 17.5 Å². The first kappa shape index (κ1) is 20.6. The first-order valence-electron chi connectivity index (χ1n) is 8.46. The largest absolute Gasteiger partial charge is 0.456 e. The van der Waals surface area contributed by atoms with E-state index in [-0.39, 0.29) is 31.9 Å². The lowest BCUT2D eigenvalue weighted by atomic mass is 10.1. The van der Waals surface area contributed by atoms with Gasteiger partial charge in [-0.1, -0.05) is 46.3 Å². The Kier molecular flexibility index (Phi) is 8.00. The zero-order chi connectivity index (χ0) is 19.6. The van der Waals surface area contributed by atoms with E-state index in [9.17, 15) is 14.4 Å². The van der Waals surface area contributed by atoms with Gasteiger partial charge in [0.05, 0.1) is 12.8 Å². The van der Waals surface area contributed by atoms with Crippen LogP contribution >= 0.6 is 15.9 Å². The number of halogens is 1. The van der Waals surface area contributed by atoms with Crippen LogP contribution < -0.4 is 10.6 Å². The van der Waals surface area contributed by atoms with Gasteiger partial charge in [-0.2, -0.15) is 0 Å². The summed E-state index contributed by atoms with van der Waals surface area (Å²) >= 11 is 3.35. The molecule has 0 spiro atoms. The summed E-state index contributed by atoms with van der Waals surface area (Å²) in [4.78, 5) is 35.3. The number of amides is 2. The van der Waals surface area contributed by atoms with Crippen molar-refractivity contribution in [2.75, 3.05) is 18.5 Å². The van der Waals surface area contributed by atoms with Gasteiger partial charge in [-0.25, -0.2) is 0 Å². The third-order valence-corrected chi connectivity index (χ3v) is 4.18. The molecule has 0 aliphatic carbocycles. The molecule has 0 aliphatic rings. The van der Waals surface area contributed by atoms with Crippen LogP contribution in [0, 0.1) is 6.92 Å². The highest BCUT2D eigenvalue weighted by molar-refractivity contribution is 9.10. The van der Waals surface area contributed by atoms with Gasteiger partial charge >= 0.3 is 5.97 Å². The predicted molar refractivity (Wildman–Crippen MR) is 106 cm³/mol. The summed E-state index contributed by atoms with van der Waals surface area (Å²) < 4.78 is 5.84. The Balaban J connectivity index is 1.64. The molecule has 2 rings (SSSR count). The second-order valence-corrected chi connectivity index (χ2v) is 6.85. The number of hydrogen-bond donors (Lipinski definition) is 2. The lowest BCUT2D eigenvalue weighted by Gasteiger charge is -2.09. The van der Waals surface area contributed by atoms with Crippen molar-refractivity contribution in [3.05, 3.63) is 64.1 Å². The van der Waals surface area contributed by atoms with Gasteiger partial charge in [0.25, 0.3) is 5.91 Å². The monoisotopic (exact) mass is 432 g/mol. The maximum absolute atomic E-state index is 11.9. The highest BCUT2D eigenvalue weighted by Gasteiger charge is 2.10. The third-order valence-electron chi connectivity index (χ3n) is 3.69. The van der Waals surface area contributed by atoms with Crippen LogP contribution in [0.5, 0.6) is 0 Å². The average molecular weight is 433 g/mol. The number of anilines is 1. The molecule has 0 aromatic heterocycles. The Morgan fingerprint density at radius 3 is 2.48 bits per heavy atom. The second kappa shape index (κ2) is 10.5. The fourth-order valence-corrected chi connectivity index (χ4v) is 2.80. The smallest absolute Gasteiger partial charge is 0.308 e. The number of nitrogens with one attached hydrogen (secondary N) is 2. The molecule has 6 nitrogen and oxygen atoms in total. The van der Waals surface area contributed by atoms with E-state index >= 15 is 0 Å². The lowest BCUT2D eigenvalue weighted by Crippen LogP contribution is -2.28. The van der Waals surface area contributed by atoms with Crippen LogP contribution in [0.3, 0.4) is 0 Å². The third kappa shape index (κ3) is 7.62. The number of aryl methyl sites for hydroxylation is 1. The van der Waals surface area contributed by atoms with Gasteiger partial charge in [-0.15, -0.1) is 0 Å². The highest BCUT2D eigenvalue weighted by Crippen LogP contribution is 2.19. The van der Waals surface area contributed by atoms with E-state index in [1.165, 1.54) is 0 Å². The first-order chi connectivity index (χ1) is 12.9. The molecule has 142 valence electrons. The molecule has 0 fully saturated rings. The van der Waals surface area contributed by atoms with Crippen molar-refractivity contribution in [1.82, 2.24) is 5.32 Å². The zero-order valence-corrected chi connectivity index (χ0v) is 16.5. The van der Waals surface area contributed by atoms with Gasteiger partial charge < -0.3 is 15.4 Å². The lowest BCUT2D eigenvalue weighted by molar-refractivity contribution is -0.147. The predicted octanol–water partition coefficient (Wildman–Crippen LogP) is 2.99. The van der Waals surface area contributed by atoms with Crippen molar-refractivity contribution in [3.8, 4) is 0 Å². The Bertz CT molecular complexity index is 809. The van der Waals surface area contributed by atoms with Crippen molar-refractivity contribution in [2.24, 2.45) is 0 Å². The van der Waals surface area contributed by atoms with E-state index in [4.69, 9.17) is 4.74 Å². The van der Waals surface area contributed by atoms with Crippen LogP contribution in [0.2, 0.25) is 0 Å². The summed E-state index contributed by atoms with van der Waals surface area (Å²) in [6, 6.07) is 14.8.